The first-order chi connectivity index (χ1) is 12.4. The molecule has 8 nitrogen and oxygen atoms in total. The number of fused-ring (bicyclic) bond motifs is 1. The highest BCUT2D eigenvalue weighted by Gasteiger charge is 2.38. The van der Waals surface area contributed by atoms with Crippen molar-refractivity contribution < 1.29 is 9.53 Å². The second-order valence-electron chi connectivity index (χ2n) is 7.08. The molecule has 0 aromatic carbocycles. The van der Waals surface area contributed by atoms with Crippen LogP contribution in [0.4, 0.5) is 0 Å². The number of hydrogen-bond donors (Lipinski definition) is 2. The van der Waals surface area contributed by atoms with Gasteiger partial charge in [0.1, 0.15) is 4.83 Å². The third kappa shape index (κ3) is 3.46. The van der Waals surface area contributed by atoms with Gasteiger partial charge in [0.05, 0.1) is 18.5 Å². The van der Waals surface area contributed by atoms with Crippen LogP contribution in [-0.2, 0) is 29.2 Å². The average molecular weight is 380 g/mol. The first kappa shape index (κ1) is 18.8. The van der Waals surface area contributed by atoms with Gasteiger partial charge in [-0.15, -0.1) is 11.3 Å². The number of hydrogen-bond acceptors (Lipinski definition) is 6. The van der Waals surface area contributed by atoms with Gasteiger partial charge >= 0.3 is 5.69 Å². The maximum absolute atomic E-state index is 13.1. The minimum atomic E-state index is -0.278. The molecule has 3 rings (SSSR count). The minimum absolute atomic E-state index is 0.0396. The molecule has 0 aliphatic heterocycles. The molecule has 9 heteroatoms. The maximum atomic E-state index is 13.1. The fourth-order valence-electron chi connectivity index (χ4n) is 3.05. The number of carbonyl (C=O) groups excluding carboxylic acids is 1. The quantitative estimate of drug-likeness (QED) is 0.380. The van der Waals surface area contributed by atoms with Crippen molar-refractivity contribution in [2.24, 2.45) is 5.41 Å². The molecular formula is C17H24N4O4S. The number of aromatic nitrogens is 2. The number of rotatable bonds is 9. The largest absolute Gasteiger partial charge is 0.383 e. The van der Waals surface area contributed by atoms with Gasteiger partial charge in [-0.25, -0.2) is 10.2 Å². The van der Waals surface area contributed by atoms with E-state index in [1.807, 2.05) is 6.92 Å². The Balaban J connectivity index is 2.16. The molecule has 1 aliphatic rings. The highest BCUT2D eigenvalue weighted by atomic mass is 32.1. The molecule has 2 N–H and O–H groups in total. The van der Waals surface area contributed by atoms with Crippen LogP contribution in [0.5, 0.6) is 0 Å². The van der Waals surface area contributed by atoms with Gasteiger partial charge in [0, 0.05) is 25.1 Å². The first-order valence-corrected chi connectivity index (χ1v) is 9.40. The summed E-state index contributed by atoms with van der Waals surface area (Å²) in [5, 5.41) is 0.581. The zero-order valence-corrected chi connectivity index (χ0v) is 16.1. The van der Waals surface area contributed by atoms with Crippen molar-refractivity contribution in [1.29, 1.82) is 0 Å². The Hall–Kier alpha value is -1.97. The van der Waals surface area contributed by atoms with E-state index < -0.39 is 0 Å². The Morgan fingerprint density at radius 3 is 2.65 bits per heavy atom. The van der Waals surface area contributed by atoms with Crippen molar-refractivity contribution in [3.63, 3.8) is 0 Å². The summed E-state index contributed by atoms with van der Waals surface area (Å²) in [5.74, 6) is 0. The van der Waals surface area contributed by atoms with Crippen LogP contribution in [0, 0.1) is 12.3 Å². The predicted molar refractivity (Wildman–Crippen MR) is 100 cm³/mol. The van der Waals surface area contributed by atoms with Crippen LogP contribution < -0.4 is 22.1 Å². The standard InChI is InChI=1S/C17H24N4O4S/c1-11-12(8-18-19-10-22)26-15-13(11)14(23)21(9-17(2)4-5-17)16(24)20(15)6-7-25-3/h10,18H,4-9H2,1-3H3,(H,19,22). The summed E-state index contributed by atoms with van der Waals surface area (Å²) in [6.45, 7) is 5.60. The summed E-state index contributed by atoms with van der Waals surface area (Å²) in [7, 11) is 1.59. The molecule has 26 heavy (non-hydrogen) atoms. The maximum Gasteiger partial charge on any atom is 0.332 e. The summed E-state index contributed by atoms with van der Waals surface area (Å²) in [5.41, 5.74) is 5.56. The van der Waals surface area contributed by atoms with E-state index in [0.29, 0.717) is 42.9 Å². The summed E-state index contributed by atoms with van der Waals surface area (Å²) in [4.78, 5) is 38.1. The molecule has 1 amide bonds. The van der Waals surface area contributed by atoms with E-state index >= 15 is 0 Å². The monoisotopic (exact) mass is 380 g/mol. The molecule has 1 saturated carbocycles. The van der Waals surface area contributed by atoms with Gasteiger partial charge in [-0.1, -0.05) is 6.92 Å². The molecular weight excluding hydrogens is 356 g/mol. The Morgan fingerprint density at radius 2 is 2.04 bits per heavy atom. The molecule has 0 bridgehead atoms. The van der Waals surface area contributed by atoms with Gasteiger partial charge in [0.2, 0.25) is 6.41 Å². The highest BCUT2D eigenvalue weighted by molar-refractivity contribution is 7.18. The van der Waals surface area contributed by atoms with Crippen LogP contribution in [0.25, 0.3) is 10.2 Å². The van der Waals surface area contributed by atoms with Gasteiger partial charge in [-0.05, 0) is 30.7 Å². The van der Waals surface area contributed by atoms with Gasteiger partial charge in [0.15, 0.2) is 0 Å². The van der Waals surface area contributed by atoms with Crippen molar-refractivity contribution in [3.8, 4) is 0 Å². The van der Waals surface area contributed by atoms with E-state index in [1.165, 1.54) is 15.9 Å². The summed E-state index contributed by atoms with van der Waals surface area (Å²) < 4.78 is 8.17. The number of hydrazine groups is 1. The Bertz CT molecular complexity index is 939. The van der Waals surface area contributed by atoms with Crippen LogP contribution >= 0.6 is 11.3 Å². The fourth-order valence-corrected chi connectivity index (χ4v) is 4.31. The van der Waals surface area contributed by atoms with E-state index in [0.717, 1.165) is 23.3 Å². The molecule has 2 aromatic rings. The molecule has 0 unspecified atom stereocenters. The number of nitrogens with zero attached hydrogens (tertiary/aromatic N) is 2. The topological polar surface area (TPSA) is 94.4 Å². The predicted octanol–water partition coefficient (Wildman–Crippen LogP) is 0.730. The molecule has 1 aliphatic carbocycles. The van der Waals surface area contributed by atoms with Crippen molar-refractivity contribution in [3.05, 3.63) is 31.3 Å². The zero-order valence-electron chi connectivity index (χ0n) is 15.3. The number of methoxy groups -OCH3 is 1. The van der Waals surface area contributed by atoms with Crippen molar-refractivity contribution in [2.45, 2.75) is 46.3 Å². The molecule has 2 aromatic heterocycles. The minimum Gasteiger partial charge on any atom is -0.383 e. The molecule has 0 radical (unpaired) electrons. The van der Waals surface area contributed by atoms with Crippen LogP contribution in [-0.4, -0.2) is 29.3 Å². The lowest BCUT2D eigenvalue weighted by Gasteiger charge is -2.14. The van der Waals surface area contributed by atoms with E-state index in [2.05, 4.69) is 17.8 Å². The second-order valence-corrected chi connectivity index (χ2v) is 8.16. The summed E-state index contributed by atoms with van der Waals surface area (Å²) >= 11 is 1.40. The van der Waals surface area contributed by atoms with E-state index in [-0.39, 0.29) is 16.7 Å². The van der Waals surface area contributed by atoms with E-state index in [9.17, 15) is 14.4 Å². The Morgan fingerprint density at radius 1 is 1.31 bits per heavy atom. The fraction of sp³-hybridized carbons (Fsp3) is 0.588. The van der Waals surface area contributed by atoms with Crippen LogP contribution in [0.15, 0.2) is 9.59 Å². The van der Waals surface area contributed by atoms with Crippen molar-refractivity contribution >= 4 is 28.0 Å². The lowest BCUT2D eigenvalue weighted by Crippen LogP contribution is -2.41. The van der Waals surface area contributed by atoms with Crippen LogP contribution in [0.1, 0.15) is 30.2 Å². The SMILES string of the molecule is COCCn1c(=O)n(CC2(C)CC2)c(=O)c2c(C)c(CNNC=O)sc21. The van der Waals surface area contributed by atoms with Crippen molar-refractivity contribution in [2.75, 3.05) is 13.7 Å². The third-order valence-corrected chi connectivity index (χ3v) is 6.28. The number of aryl methyl sites for hydroxylation is 1. The average Bonchev–Trinajstić information content (AvgIpc) is 3.25. The molecule has 0 atom stereocenters. The number of carbonyl (C=O) groups is 1. The van der Waals surface area contributed by atoms with Gasteiger partial charge < -0.3 is 4.74 Å². The molecule has 2 heterocycles. The lowest BCUT2D eigenvalue weighted by atomic mass is 10.1. The van der Waals surface area contributed by atoms with E-state index in [1.54, 1.807) is 11.7 Å². The van der Waals surface area contributed by atoms with Crippen LogP contribution in [0.2, 0.25) is 0 Å². The number of amides is 1. The number of ether oxygens (including phenoxy) is 1. The third-order valence-electron chi connectivity index (χ3n) is 4.97. The van der Waals surface area contributed by atoms with Gasteiger partial charge in [-0.2, -0.15) is 0 Å². The molecule has 1 fully saturated rings. The smallest absolute Gasteiger partial charge is 0.332 e. The number of thiophene rings is 1. The Labute approximate surface area is 154 Å². The van der Waals surface area contributed by atoms with Crippen molar-refractivity contribution in [1.82, 2.24) is 20.0 Å². The Kier molecular flexibility index (Phi) is 5.31. The van der Waals surface area contributed by atoms with Gasteiger partial charge in [0.25, 0.3) is 5.56 Å². The lowest BCUT2D eigenvalue weighted by molar-refractivity contribution is -0.110. The molecule has 0 spiro atoms. The highest BCUT2D eigenvalue weighted by Crippen LogP contribution is 2.45. The van der Waals surface area contributed by atoms with E-state index in [4.69, 9.17) is 4.74 Å². The summed E-state index contributed by atoms with van der Waals surface area (Å²) in [6, 6.07) is 0. The number of nitrogens with one attached hydrogen (secondary N) is 2. The second kappa shape index (κ2) is 7.34. The molecule has 0 saturated heterocycles. The zero-order chi connectivity index (χ0) is 18.9. The van der Waals surface area contributed by atoms with Gasteiger partial charge in [-0.3, -0.25) is 24.1 Å². The van der Waals surface area contributed by atoms with Crippen LogP contribution in [0.3, 0.4) is 0 Å². The summed E-state index contributed by atoms with van der Waals surface area (Å²) in [6.07, 6.45) is 2.62. The molecule has 142 valence electrons. The normalized spacial score (nSPS) is 15.3. The first-order valence-electron chi connectivity index (χ1n) is 8.58.